The van der Waals surface area contributed by atoms with Gasteiger partial charge in [-0.15, -0.1) is 0 Å². The van der Waals surface area contributed by atoms with Gasteiger partial charge < -0.3 is 0 Å². The summed E-state index contributed by atoms with van der Waals surface area (Å²) < 4.78 is 1.04. The van der Waals surface area contributed by atoms with Crippen LogP contribution < -0.4 is 0 Å². The molecule has 4 nitrogen and oxygen atoms in total. The number of imide groups is 1. The van der Waals surface area contributed by atoms with Crippen molar-refractivity contribution in [2.24, 2.45) is 28.8 Å². The molecular weight excluding hydrogens is 379 g/mol. The van der Waals surface area contributed by atoms with Crippen LogP contribution in [0.2, 0.25) is 0 Å². The number of allylic oxidation sites excluding steroid dienone is 2. The van der Waals surface area contributed by atoms with Crippen LogP contribution in [0.3, 0.4) is 0 Å². The zero-order valence-corrected chi connectivity index (χ0v) is 13.3. The van der Waals surface area contributed by atoms with Crippen LogP contribution in [-0.4, -0.2) is 23.0 Å². The first-order valence-corrected chi connectivity index (χ1v) is 8.09. The lowest BCUT2D eigenvalue weighted by atomic mass is 9.85. The van der Waals surface area contributed by atoms with Crippen molar-refractivity contribution >= 4 is 40.6 Å². The van der Waals surface area contributed by atoms with Crippen LogP contribution in [0.4, 0.5) is 0 Å². The van der Waals surface area contributed by atoms with Crippen molar-refractivity contribution in [3.8, 4) is 0 Å². The van der Waals surface area contributed by atoms with Crippen LogP contribution in [0.1, 0.15) is 12.0 Å². The number of fused-ring (bicyclic) bond motifs is 5. The highest BCUT2D eigenvalue weighted by atomic mass is 127. The van der Waals surface area contributed by atoms with Gasteiger partial charge in [0.05, 0.1) is 18.1 Å². The summed E-state index contributed by atoms with van der Waals surface area (Å²) in [5.74, 6) is -0.172. The highest BCUT2D eigenvalue weighted by Gasteiger charge is 2.59. The van der Waals surface area contributed by atoms with Crippen molar-refractivity contribution in [1.82, 2.24) is 5.01 Å². The Morgan fingerprint density at radius 2 is 1.71 bits per heavy atom. The molecule has 2 amide bonds. The molecule has 2 fully saturated rings. The number of benzene rings is 1. The van der Waals surface area contributed by atoms with E-state index < -0.39 is 0 Å². The first kappa shape index (κ1) is 13.2. The normalized spacial score (nSPS) is 33.5. The number of carbonyl (C=O) groups excluding carboxylic acids is 2. The van der Waals surface area contributed by atoms with E-state index in [-0.39, 0.29) is 35.5 Å². The summed E-state index contributed by atoms with van der Waals surface area (Å²) in [7, 11) is 0. The van der Waals surface area contributed by atoms with E-state index in [2.05, 4.69) is 39.8 Å². The Balaban J connectivity index is 1.62. The van der Waals surface area contributed by atoms with E-state index in [1.54, 1.807) is 6.21 Å². The van der Waals surface area contributed by atoms with Gasteiger partial charge in [0, 0.05) is 9.13 Å². The third-order valence-electron chi connectivity index (χ3n) is 4.66. The lowest BCUT2D eigenvalue weighted by Crippen LogP contribution is -2.28. The fourth-order valence-corrected chi connectivity index (χ4v) is 4.23. The highest BCUT2D eigenvalue weighted by Crippen LogP contribution is 2.52. The summed E-state index contributed by atoms with van der Waals surface area (Å²) in [6.07, 6.45) is 6.73. The summed E-state index contributed by atoms with van der Waals surface area (Å²) >= 11 is 2.21. The Hall–Kier alpha value is -1.50. The second-order valence-electron chi connectivity index (χ2n) is 5.75. The Labute approximate surface area is 136 Å². The molecule has 1 saturated heterocycles. The van der Waals surface area contributed by atoms with Gasteiger partial charge in [-0.25, -0.2) is 0 Å². The van der Waals surface area contributed by atoms with Gasteiger partial charge in [-0.1, -0.05) is 30.4 Å². The summed E-state index contributed by atoms with van der Waals surface area (Å²) in [5, 5.41) is 5.26. The SMILES string of the molecule is O=C1[C@@H]2[C@@H](C(=O)N1/N=C\c1ccccc1I)[C@H]1C=C[C@H]2C1. The molecule has 3 aliphatic rings. The summed E-state index contributed by atoms with van der Waals surface area (Å²) in [6.45, 7) is 0. The molecular formula is C16H13IN2O2. The molecule has 0 unspecified atom stereocenters. The Kier molecular flexibility index (Phi) is 2.99. The number of hydrazone groups is 1. The molecule has 4 atom stereocenters. The predicted octanol–water partition coefficient (Wildman–Crippen LogP) is 2.43. The Morgan fingerprint density at radius 3 is 2.33 bits per heavy atom. The molecule has 1 aromatic carbocycles. The molecule has 0 radical (unpaired) electrons. The number of carbonyl (C=O) groups is 2. The van der Waals surface area contributed by atoms with E-state index in [4.69, 9.17) is 0 Å². The molecule has 106 valence electrons. The van der Waals surface area contributed by atoms with E-state index in [1.807, 2.05) is 24.3 Å². The minimum Gasteiger partial charge on any atom is -0.272 e. The average molecular weight is 392 g/mol. The molecule has 0 aromatic heterocycles. The molecule has 21 heavy (non-hydrogen) atoms. The zero-order valence-electron chi connectivity index (χ0n) is 11.1. The van der Waals surface area contributed by atoms with E-state index in [0.29, 0.717) is 0 Å². The molecule has 0 spiro atoms. The Bertz CT molecular complexity index is 667. The maximum absolute atomic E-state index is 12.4. The van der Waals surface area contributed by atoms with Crippen LogP contribution >= 0.6 is 22.6 Å². The summed E-state index contributed by atoms with van der Waals surface area (Å²) in [4.78, 5) is 24.9. The number of rotatable bonds is 2. The fourth-order valence-electron chi connectivity index (χ4n) is 3.70. The quantitative estimate of drug-likeness (QED) is 0.336. The number of amides is 2. The average Bonchev–Trinajstić information content (AvgIpc) is 3.14. The van der Waals surface area contributed by atoms with Gasteiger partial charge >= 0.3 is 0 Å². The van der Waals surface area contributed by atoms with E-state index in [9.17, 15) is 9.59 Å². The van der Waals surface area contributed by atoms with Crippen molar-refractivity contribution in [3.63, 3.8) is 0 Å². The molecule has 0 N–H and O–H groups in total. The van der Waals surface area contributed by atoms with Crippen LogP contribution in [0.5, 0.6) is 0 Å². The zero-order chi connectivity index (χ0) is 14.6. The second kappa shape index (κ2) is 4.76. The van der Waals surface area contributed by atoms with Crippen molar-refractivity contribution in [2.45, 2.75) is 6.42 Å². The van der Waals surface area contributed by atoms with Gasteiger partial charge in [0.1, 0.15) is 0 Å². The summed E-state index contributed by atoms with van der Waals surface area (Å²) in [5.41, 5.74) is 0.914. The van der Waals surface area contributed by atoms with Gasteiger partial charge in [-0.2, -0.15) is 10.1 Å². The molecule has 4 rings (SSSR count). The molecule has 2 aliphatic carbocycles. The van der Waals surface area contributed by atoms with Gasteiger partial charge in [-0.3, -0.25) is 9.59 Å². The molecule has 5 heteroatoms. The van der Waals surface area contributed by atoms with Crippen LogP contribution in [0.15, 0.2) is 41.5 Å². The predicted molar refractivity (Wildman–Crippen MR) is 86.3 cm³/mol. The number of hydrogen-bond donors (Lipinski definition) is 0. The van der Waals surface area contributed by atoms with Crippen molar-refractivity contribution < 1.29 is 9.59 Å². The standard InChI is InChI=1S/C16H13IN2O2/c17-12-4-2-1-3-11(12)8-18-19-15(20)13-9-5-6-10(7-9)14(13)16(19)21/h1-6,8-10,13-14H,7H2/b18-8-/t9-,10-,13-,14-/m0/s1. The van der Waals surface area contributed by atoms with Gasteiger partial charge in [0.2, 0.25) is 0 Å². The van der Waals surface area contributed by atoms with Crippen LogP contribution in [0.25, 0.3) is 0 Å². The van der Waals surface area contributed by atoms with E-state index >= 15 is 0 Å². The minimum absolute atomic E-state index is 0.135. The fraction of sp³-hybridized carbons (Fsp3) is 0.312. The molecule has 2 bridgehead atoms. The summed E-state index contributed by atoms with van der Waals surface area (Å²) in [6, 6.07) is 7.74. The maximum atomic E-state index is 12.4. The first-order chi connectivity index (χ1) is 10.2. The third-order valence-corrected chi connectivity index (χ3v) is 5.65. The minimum atomic E-state index is -0.181. The van der Waals surface area contributed by atoms with Crippen LogP contribution in [-0.2, 0) is 9.59 Å². The van der Waals surface area contributed by atoms with Crippen molar-refractivity contribution in [2.75, 3.05) is 0 Å². The third kappa shape index (κ3) is 1.90. The Morgan fingerprint density at radius 1 is 1.10 bits per heavy atom. The van der Waals surface area contributed by atoms with Crippen molar-refractivity contribution in [3.05, 3.63) is 45.6 Å². The van der Waals surface area contributed by atoms with Gasteiger partial charge in [0.25, 0.3) is 11.8 Å². The molecule has 1 aliphatic heterocycles. The molecule has 1 saturated carbocycles. The lowest BCUT2D eigenvalue weighted by Gasteiger charge is -2.13. The number of halogens is 1. The highest BCUT2D eigenvalue weighted by molar-refractivity contribution is 14.1. The lowest BCUT2D eigenvalue weighted by molar-refractivity contribution is -0.140. The molecule has 1 heterocycles. The largest absolute Gasteiger partial charge is 0.272 e. The maximum Gasteiger partial charge on any atom is 0.254 e. The van der Waals surface area contributed by atoms with E-state index in [0.717, 1.165) is 20.6 Å². The first-order valence-electron chi connectivity index (χ1n) is 7.01. The number of nitrogens with zero attached hydrogens (tertiary/aromatic N) is 2. The van der Waals surface area contributed by atoms with Crippen molar-refractivity contribution in [1.29, 1.82) is 0 Å². The van der Waals surface area contributed by atoms with E-state index in [1.165, 1.54) is 0 Å². The smallest absolute Gasteiger partial charge is 0.254 e. The molecule has 1 aromatic rings. The monoisotopic (exact) mass is 392 g/mol. The second-order valence-corrected chi connectivity index (χ2v) is 6.92. The van der Waals surface area contributed by atoms with Gasteiger partial charge in [0.15, 0.2) is 0 Å². The van der Waals surface area contributed by atoms with Gasteiger partial charge in [-0.05, 0) is 46.9 Å². The number of hydrogen-bond acceptors (Lipinski definition) is 3. The van der Waals surface area contributed by atoms with Crippen LogP contribution in [0, 0.1) is 27.2 Å². The topological polar surface area (TPSA) is 49.7 Å².